The molecule has 2 amide bonds. The number of carbonyl (C=O) groups is 2. The lowest BCUT2D eigenvalue weighted by molar-refractivity contribution is -0.137. The van der Waals surface area contributed by atoms with Crippen LogP contribution in [0.1, 0.15) is 30.9 Å². The number of para-hydroxylation sites is 1. The van der Waals surface area contributed by atoms with Crippen molar-refractivity contribution in [3.05, 3.63) is 77.6 Å². The molecular weight excluding hydrogens is 398 g/mol. The van der Waals surface area contributed by atoms with Crippen LogP contribution in [0.25, 0.3) is 16.5 Å². The topological polar surface area (TPSA) is 45.6 Å². The fraction of sp³-hybridized carbons (Fsp3) is 0.333. The van der Waals surface area contributed by atoms with E-state index in [1.54, 1.807) is 0 Å². The first kappa shape index (κ1) is 20.6. The van der Waals surface area contributed by atoms with Gasteiger partial charge in [0.2, 0.25) is 0 Å². The summed E-state index contributed by atoms with van der Waals surface area (Å²) in [5, 5.41) is 1.18. The summed E-state index contributed by atoms with van der Waals surface area (Å²) < 4.78 is 2.10. The molecule has 5 nitrogen and oxygen atoms in total. The number of piperidine rings is 1. The van der Waals surface area contributed by atoms with Crippen molar-refractivity contribution < 1.29 is 9.59 Å². The van der Waals surface area contributed by atoms with Gasteiger partial charge >= 0.3 is 0 Å². The summed E-state index contributed by atoms with van der Waals surface area (Å²) in [7, 11) is 2.03. The predicted molar refractivity (Wildman–Crippen MR) is 127 cm³/mol. The van der Waals surface area contributed by atoms with E-state index in [-0.39, 0.29) is 11.8 Å². The van der Waals surface area contributed by atoms with E-state index in [1.165, 1.54) is 10.3 Å². The fourth-order valence-corrected chi connectivity index (χ4v) is 5.17. The molecule has 1 fully saturated rings. The van der Waals surface area contributed by atoms with Crippen LogP contribution in [-0.2, 0) is 23.1 Å². The zero-order valence-electron chi connectivity index (χ0n) is 18.8. The molecule has 0 bridgehead atoms. The van der Waals surface area contributed by atoms with Gasteiger partial charge in [-0.05, 0) is 42.4 Å². The molecule has 164 valence electrons. The van der Waals surface area contributed by atoms with E-state index in [9.17, 15) is 9.59 Å². The third-order valence-corrected chi connectivity index (χ3v) is 6.76. The lowest BCUT2D eigenvalue weighted by Crippen LogP contribution is -2.39. The summed E-state index contributed by atoms with van der Waals surface area (Å²) in [4.78, 5) is 30.8. The number of aryl methyl sites for hydroxylation is 1. The average Bonchev–Trinajstić information content (AvgIpc) is 3.26. The van der Waals surface area contributed by atoms with Crippen molar-refractivity contribution in [3.8, 4) is 0 Å². The van der Waals surface area contributed by atoms with E-state index in [1.807, 2.05) is 49.5 Å². The molecule has 0 spiro atoms. The molecule has 5 rings (SSSR count). The number of benzene rings is 2. The van der Waals surface area contributed by atoms with Crippen molar-refractivity contribution in [2.24, 2.45) is 13.0 Å². The van der Waals surface area contributed by atoms with E-state index in [0.717, 1.165) is 42.6 Å². The van der Waals surface area contributed by atoms with Crippen LogP contribution in [0.2, 0.25) is 0 Å². The van der Waals surface area contributed by atoms with E-state index in [4.69, 9.17) is 0 Å². The second-order valence-electron chi connectivity index (χ2n) is 9.08. The molecule has 3 aromatic rings. The molecule has 2 aliphatic heterocycles. The third kappa shape index (κ3) is 3.52. The SMILES string of the molecule is CC1CCCN(C2=C(c3ccccc3)C(=O)N(CCc3cn(C)c4ccccc34)C2=O)C1. The maximum absolute atomic E-state index is 13.6. The summed E-state index contributed by atoms with van der Waals surface area (Å²) >= 11 is 0. The second kappa shape index (κ2) is 8.30. The Morgan fingerprint density at radius 1 is 0.969 bits per heavy atom. The van der Waals surface area contributed by atoms with Gasteiger partial charge in [-0.2, -0.15) is 0 Å². The molecule has 2 aliphatic rings. The number of imide groups is 1. The minimum Gasteiger partial charge on any atom is -0.366 e. The Morgan fingerprint density at radius 2 is 1.72 bits per heavy atom. The minimum absolute atomic E-state index is 0.150. The lowest BCUT2D eigenvalue weighted by atomic mass is 9.98. The summed E-state index contributed by atoms with van der Waals surface area (Å²) in [6, 6.07) is 17.9. The standard InChI is InChI=1S/C27H29N3O2/c1-19-9-8-15-29(17-19)25-24(20-10-4-3-5-11-20)26(31)30(27(25)32)16-14-21-18-28(2)23-13-7-6-12-22(21)23/h3-7,10-13,18-19H,8-9,14-17H2,1-2H3. The van der Waals surface area contributed by atoms with Crippen molar-refractivity contribution >= 4 is 28.3 Å². The number of carbonyl (C=O) groups excluding carboxylic acids is 2. The summed E-state index contributed by atoms with van der Waals surface area (Å²) in [6.07, 6.45) is 4.96. The molecule has 1 saturated heterocycles. The van der Waals surface area contributed by atoms with Gasteiger partial charge in [-0.15, -0.1) is 0 Å². The van der Waals surface area contributed by atoms with Gasteiger partial charge in [0.15, 0.2) is 0 Å². The van der Waals surface area contributed by atoms with Crippen LogP contribution in [0.3, 0.4) is 0 Å². The smallest absolute Gasteiger partial charge is 0.277 e. The molecule has 0 saturated carbocycles. The Morgan fingerprint density at radius 3 is 2.50 bits per heavy atom. The van der Waals surface area contributed by atoms with Crippen LogP contribution in [0.4, 0.5) is 0 Å². The highest BCUT2D eigenvalue weighted by atomic mass is 16.2. The summed E-state index contributed by atoms with van der Waals surface area (Å²) in [6.45, 7) is 4.25. The monoisotopic (exact) mass is 427 g/mol. The molecule has 3 heterocycles. The van der Waals surface area contributed by atoms with Crippen LogP contribution in [0.15, 0.2) is 66.5 Å². The summed E-state index contributed by atoms with van der Waals surface area (Å²) in [5.74, 6) is 0.193. The number of hydrogen-bond acceptors (Lipinski definition) is 3. The Bertz CT molecular complexity index is 1210. The maximum atomic E-state index is 13.6. The van der Waals surface area contributed by atoms with Gasteiger partial charge in [0, 0.05) is 43.8 Å². The molecule has 32 heavy (non-hydrogen) atoms. The highest BCUT2D eigenvalue weighted by Gasteiger charge is 2.42. The molecule has 5 heteroatoms. The molecule has 0 aliphatic carbocycles. The van der Waals surface area contributed by atoms with Gasteiger partial charge in [-0.3, -0.25) is 14.5 Å². The largest absolute Gasteiger partial charge is 0.366 e. The van der Waals surface area contributed by atoms with E-state index in [0.29, 0.717) is 30.2 Å². The average molecular weight is 428 g/mol. The molecule has 0 N–H and O–H groups in total. The molecular formula is C27H29N3O2. The van der Waals surface area contributed by atoms with Crippen LogP contribution in [0, 0.1) is 5.92 Å². The van der Waals surface area contributed by atoms with Crippen LogP contribution < -0.4 is 0 Å². The van der Waals surface area contributed by atoms with Crippen molar-refractivity contribution in [2.45, 2.75) is 26.2 Å². The Kier molecular flexibility index (Phi) is 5.33. The van der Waals surface area contributed by atoms with Crippen molar-refractivity contribution in [1.82, 2.24) is 14.4 Å². The molecule has 1 unspecified atom stereocenters. The second-order valence-corrected chi connectivity index (χ2v) is 9.08. The first-order chi connectivity index (χ1) is 15.5. The normalized spacial score (nSPS) is 19.5. The van der Waals surface area contributed by atoms with Crippen molar-refractivity contribution in [1.29, 1.82) is 0 Å². The number of hydrogen-bond donors (Lipinski definition) is 0. The van der Waals surface area contributed by atoms with Crippen LogP contribution >= 0.6 is 0 Å². The first-order valence-electron chi connectivity index (χ1n) is 11.5. The number of amides is 2. The summed E-state index contributed by atoms with van der Waals surface area (Å²) in [5.41, 5.74) is 4.29. The van der Waals surface area contributed by atoms with Crippen LogP contribution in [0.5, 0.6) is 0 Å². The zero-order chi connectivity index (χ0) is 22.2. The highest BCUT2D eigenvalue weighted by Crippen LogP contribution is 2.34. The van der Waals surface area contributed by atoms with Gasteiger partial charge in [0.05, 0.1) is 5.57 Å². The van der Waals surface area contributed by atoms with Gasteiger partial charge in [0.25, 0.3) is 11.8 Å². The first-order valence-corrected chi connectivity index (χ1v) is 11.5. The lowest BCUT2D eigenvalue weighted by Gasteiger charge is -2.33. The third-order valence-electron chi connectivity index (χ3n) is 6.76. The Labute approximate surface area is 188 Å². The number of aromatic nitrogens is 1. The number of rotatable bonds is 5. The molecule has 1 aromatic heterocycles. The number of fused-ring (bicyclic) bond motifs is 1. The van der Waals surface area contributed by atoms with Gasteiger partial charge in [-0.25, -0.2) is 0 Å². The Hall–Kier alpha value is -3.34. The van der Waals surface area contributed by atoms with E-state index in [2.05, 4.69) is 34.7 Å². The van der Waals surface area contributed by atoms with Crippen LogP contribution in [-0.4, -0.2) is 45.8 Å². The molecule has 1 atom stereocenters. The maximum Gasteiger partial charge on any atom is 0.277 e. The highest BCUT2D eigenvalue weighted by molar-refractivity contribution is 6.35. The Balaban J connectivity index is 1.46. The zero-order valence-corrected chi connectivity index (χ0v) is 18.8. The fourth-order valence-electron chi connectivity index (χ4n) is 5.17. The van der Waals surface area contributed by atoms with Crippen molar-refractivity contribution in [3.63, 3.8) is 0 Å². The number of likely N-dealkylation sites (tertiary alicyclic amines) is 1. The van der Waals surface area contributed by atoms with Crippen molar-refractivity contribution in [2.75, 3.05) is 19.6 Å². The minimum atomic E-state index is -0.172. The number of nitrogens with zero attached hydrogens (tertiary/aromatic N) is 3. The van der Waals surface area contributed by atoms with Gasteiger partial charge < -0.3 is 9.47 Å². The predicted octanol–water partition coefficient (Wildman–Crippen LogP) is 4.23. The molecule has 2 aromatic carbocycles. The van der Waals surface area contributed by atoms with E-state index < -0.39 is 0 Å². The molecule has 0 radical (unpaired) electrons. The van der Waals surface area contributed by atoms with Gasteiger partial charge in [-0.1, -0.05) is 55.5 Å². The van der Waals surface area contributed by atoms with Gasteiger partial charge in [0.1, 0.15) is 5.70 Å². The van der Waals surface area contributed by atoms with E-state index >= 15 is 0 Å². The quantitative estimate of drug-likeness (QED) is 0.573.